The molecule has 0 aromatic carbocycles. The van der Waals surface area contributed by atoms with Gasteiger partial charge in [-0.3, -0.25) is 4.98 Å². The molecule has 0 saturated carbocycles. The molecule has 2 nitrogen and oxygen atoms in total. The second-order valence-corrected chi connectivity index (χ2v) is 4.33. The van der Waals surface area contributed by atoms with Crippen molar-refractivity contribution in [2.75, 3.05) is 0 Å². The first kappa shape index (κ1) is 11.2. The molecule has 0 aliphatic rings. The van der Waals surface area contributed by atoms with Crippen LogP contribution in [0.4, 0.5) is 0 Å². The smallest absolute Gasteiger partial charge is 0.0270 e. The van der Waals surface area contributed by atoms with Gasteiger partial charge in [0.05, 0.1) is 0 Å². The van der Waals surface area contributed by atoms with Crippen LogP contribution in [0.3, 0.4) is 0 Å². The Balaban J connectivity index is 2.53. The summed E-state index contributed by atoms with van der Waals surface area (Å²) in [7, 11) is 0. The van der Waals surface area contributed by atoms with Crippen LogP contribution in [0.25, 0.3) is 0 Å². The van der Waals surface area contributed by atoms with Crippen molar-refractivity contribution in [1.82, 2.24) is 4.98 Å². The molecule has 0 saturated heterocycles. The van der Waals surface area contributed by atoms with Gasteiger partial charge in [0, 0.05) is 18.4 Å². The molecule has 0 fully saturated rings. The molecule has 0 aliphatic carbocycles. The zero-order valence-electron chi connectivity index (χ0n) is 9.27. The first-order valence-electron chi connectivity index (χ1n) is 5.25. The fourth-order valence-electron chi connectivity index (χ4n) is 1.47. The van der Waals surface area contributed by atoms with E-state index in [1.165, 1.54) is 5.56 Å². The van der Waals surface area contributed by atoms with Crippen LogP contribution in [-0.2, 0) is 6.42 Å². The minimum atomic E-state index is 0.248. The monoisotopic (exact) mass is 192 g/mol. The van der Waals surface area contributed by atoms with Crippen LogP contribution in [0.15, 0.2) is 24.5 Å². The van der Waals surface area contributed by atoms with Crippen LogP contribution in [0.5, 0.6) is 0 Å². The lowest BCUT2D eigenvalue weighted by atomic mass is 9.87. The Morgan fingerprint density at radius 1 is 1.21 bits per heavy atom. The average Bonchev–Trinajstić information content (AvgIpc) is 2.18. The van der Waals surface area contributed by atoms with E-state index in [0.29, 0.717) is 11.8 Å². The maximum Gasteiger partial charge on any atom is 0.0270 e. The highest BCUT2D eigenvalue weighted by Crippen LogP contribution is 2.16. The Bertz CT molecular complexity index is 256. The third kappa shape index (κ3) is 3.11. The molecule has 0 aliphatic heterocycles. The molecule has 1 aromatic heterocycles. The first-order valence-corrected chi connectivity index (χ1v) is 5.25. The molecule has 0 radical (unpaired) electrons. The quantitative estimate of drug-likeness (QED) is 0.794. The van der Waals surface area contributed by atoms with E-state index < -0.39 is 0 Å². The molecule has 1 heterocycles. The molecule has 78 valence electrons. The SMILES string of the molecule is CC(C)C(C)C(N)Cc1ccncc1. The number of aromatic nitrogens is 1. The molecule has 0 spiro atoms. The maximum atomic E-state index is 6.13. The van der Waals surface area contributed by atoms with Gasteiger partial charge in [-0.25, -0.2) is 0 Å². The molecule has 0 amide bonds. The second kappa shape index (κ2) is 5.11. The minimum Gasteiger partial charge on any atom is -0.327 e. The van der Waals surface area contributed by atoms with E-state index in [-0.39, 0.29) is 6.04 Å². The third-order valence-electron chi connectivity index (χ3n) is 2.95. The molecule has 2 heteroatoms. The molecule has 2 unspecified atom stereocenters. The Morgan fingerprint density at radius 3 is 2.29 bits per heavy atom. The van der Waals surface area contributed by atoms with Gasteiger partial charge < -0.3 is 5.73 Å². The first-order chi connectivity index (χ1) is 6.61. The molecular weight excluding hydrogens is 172 g/mol. The Hall–Kier alpha value is -0.890. The molecule has 1 aromatic rings. The summed E-state index contributed by atoms with van der Waals surface area (Å²) < 4.78 is 0. The largest absolute Gasteiger partial charge is 0.327 e. The van der Waals surface area contributed by atoms with Crippen LogP contribution in [0.1, 0.15) is 26.3 Å². The van der Waals surface area contributed by atoms with Gasteiger partial charge in [0.1, 0.15) is 0 Å². The number of nitrogens with zero attached hydrogens (tertiary/aromatic N) is 1. The van der Waals surface area contributed by atoms with E-state index >= 15 is 0 Å². The molecule has 1 rings (SSSR count). The van der Waals surface area contributed by atoms with Crippen molar-refractivity contribution in [3.05, 3.63) is 30.1 Å². The summed E-state index contributed by atoms with van der Waals surface area (Å²) in [4.78, 5) is 3.99. The number of nitrogens with two attached hydrogens (primary N) is 1. The van der Waals surface area contributed by atoms with E-state index in [1.54, 1.807) is 0 Å². The second-order valence-electron chi connectivity index (χ2n) is 4.33. The van der Waals surface area contributed by atoms with Crippen molar-refractivity contribution in [3.63, 3.8) is 0 Å². The lowest BCUT2D eigenvalue weighted by Gasteiger charge is -2.23. The summed E-state index contributed by atoms with van der Waals surface area (Å²) in [5, 5.41) is 0. The minimum absolute atomic E-state index is 0.248. The van der Waals surface area contributed by atoms with Crippen LogP contribution >= 0.6 is 0 Å². The Kier molecular flexibility index (Phi) is 4.08. The van der Waals surface area contributed by atoms with Gasteiger partial charge >= 0.3 is 0 Å². The van der Waals surface area contributed by atoms with E-state index in [1.807, 2.05) is 24.5 Å². The fourth-order valence-corrected chi connectivity index (χ4v) is 1.47. The Labute approximate surface area is 86.5 Å². The zero-order valence-corrected chi connectivity index (χ0v) is 9.27. The summed E-state index contributed by atoms with van der Waals surface area (Å²) in [5.41, 5.74) is 7.41. The van der Waals surface area contributed by atoms with Gasteiger partial charge in [-0.1, -0.05) is 20.8 Å². The summed E-state index contributed by atoms with van der Waals surface area (Å²) in [6.07, 6.45) is 4.59. The van der Waals surface area contributed by atoms with Crippen LogP contribution < -0.4 is 5.73 Å². The Morgan fingerprint density at radius 2 is 1.79 bits per heavy atom. The molecule has 14 heavy (non-hydrogen) atoms. The van der Waals surface area contributed by atoms with Crippen molar-refractivity contribution in [3.8, 4) is 0 Å². The molecule has 0 bridgehead atoms. The lowest BCUT2D eigenvalue weighted by Crippen LogP contribution is -2.33. The lowest BCUT2D eigenvalue weighted by molar-refractivity contribution is 0.344. The van der Waals surface area contributed by atoms with Gasteiger partial charge in [-0.15, -0.1) is 0 Å². The summed E-state index contributed by atoms with van der Waals surface area (Å²) >= 11 is 0. The van der Waals surface area contributed by atoms with Gasteiger partial charge in [0.25, 0.3) is 0 Å². The predicted octanol–water partition coefficient (Wildman–Crippen LogP) is 2.24. The van der Waals surface area contributed by atoms with Gasteiger partial charge in [0.2, 0.25) is 0 Å². The van der Waals surface area contributed by atoms with Crippen molar-refractivity contribution in [2.24, 2.45) is 17.6 Å². The highest BCUT2D eigenvalue weighted by atomic mass is 14.7. The van der Waals surface area contributed by atoms with E-state index in [2.05, 4.69) is 25.8 Å². The van der Waals surface area contributed by atoms with E-state index in [0.717, 1.165) is 6.42 Å². The van der Waals surface area contributed by atoms with Crippen molar-refractivity contribution < 1.29 is 0 Å². The van der Waals surface area contributed by atoms with Crippen molar-refractivity contribution in [1.29, 1.82) is 0 Å². The van der Waals surface area contributed by atoms with E-state index in [4.69, 9.17) is 5.73 Å². The number of hydrogen-bond donors (Lipinski definition) is 1. The van der Waals surface area contributed by atoms with Crippen molar-refractivity contribution in [2.45, 2.75) is 33.2 Å². The third-order valence-corrected chi connectivity index (χ3v) is 2.95. The molecular formula is C12H20N2. The highest BCUT2D eigenvalue weighted by Gasteiger charge is 2.16. The van der Waals surface area contributed by atoms with Gasteiger partial charge in [-0.05, 0) is 36.0 Å². The van der Waals surface area contributed by atoms with E-state index in [9.17, 15) is 0 Å². The van der Waals surface area contributed by atoms with Crippen LogP contribution in [0, 0.1) is 11.8 Å². The normalized spacial score (nSPS) is 15.5. The zero-order chi connectivity index (χ0) is 10.6. The van der Waals surface area contributed by atoms with Crippen molar-refractivity contribution >= 4 is 0 Å². The number of hydrogen-bond acceptors (Lipinski definition) is 2. The summed E-state index contributed by atoms with van der Waals surface area (Å²) in [6, 6.07) is 4.32. The number of rotatable bonds is 4. The molecule has 2 N–H and O–H groups in total. The molecule has 2 atom stereocenters. The average molecular weight is 192 g/mol. The van der Waals surface area contributed by atoms with Crippen LogP contribution in [0.2, 0.25) is 0 Å². The summed E-state index contributed by atoms with van der Waals surface area (Å²) in [5.74, 6) is 1.20. The van der Waals surface area contributed by atoms with Gasteiger partial charge in [0.15, 0.2) is 0 Å². The topological polar surface area (TPSA) is 38.9 Å². The highest BCUT2D eigenvalue weighted by molar-refractivity contribution is 5.11. The van der Waals surface area contributed by atoms with Gasteiger partial charge in [-0.2, -0.15) is 0 Å². The predicted molar refractivity (Wildman–Crippen MR) is 59.9 cm³/mol. The summed E-state index contributed by atoms with van der Waals surface area (Å²) in [6.45, 7) is 6.66. The maximum absolute atomic E-state index is 6.13. The fraction of sp³-hybridized carbons (Fsp3) is 0.583. The standard InChI is InChI=1S/C12H20N2/c1-9(2)10(3)12(13)8-11-4-6-14-7-5-11/h4-7,9-10,12H,8,13H2,1-3H3. The number of pyridine rings is 1. The van der Waals surface area contributed by atoms with Crippen LogP contribution in [-0.4, -0.2) is 11.0 Å².